The molecule has 20 heavy (non-hydrogen) atoms. The smallest absolute Gasteiger partial charge is 0.162 e. The van der Waals surface area contributed by atoms with Crippen molar-refractivity contribution in [2.75, 3.05) is 19.8 Å². The van der Waals surface area contributed by atoms with Gasteiger partial charge in [-0.25, -0.2) is 0 Å². The van der Waals surface area contributed by atoms with E-state index in [-0.39, 0.29) is 0 Å². The van der Waals surface area contributed by atoms with Crippen LogP contribution in [0.25, 0.3) is 0 Å². The molecule has 0 saturated carbocycles. The molecule has 0 aliphatic rings. The number of hydrogen-bond acceptors (Lipinski definition) is 3. The molecular weight excluding hydrogens is 318 g/mol. The lowest BCUT2D eigenvalue weighted by atomic mass is 10.1. The second kappa shape index (κ2) is 9.24. The standard InChI is InChI=1S/C16H26BrNO2/c1-5-19-15-9-13(11-18-8-7-12(3)4)14(17)10-16(15)20-6-2/h9-10,12,18H,5-8,11H2,1-4H3. The van der Waals surface area contributed by atoms with E-state index in [4.69, 9.17) is 9.47 Å². The van der Waals surface area contributed by atoms with Gasteiger partial charge in [0, 0.05) is 11.0 Å². The van der Waals surface area contributed by atoms with Gasteiger partial charge in [-0.2, -0.15) is 0 Å². The first-order chi connectivity index (χ1) is 9.58. The van der Waals surface area contributed by atoms with Gasteiger partial charge in [-0.15, -0.1) is 0 Å². The summed E-state index contributed by atoms with van der Waals surface area (Å²) in [7, 11) is 0. The average molecular weight is 344 g/mol. The monoisotopic (exact) mass is 343 g/mol. The van der Waals surface area contributed by atoms with Crippen molar-refractivity contribution in [3.8, 4) is 11.5 Å². The second-order valence-corrected chi connectivity index (χ2v) is 5.97. The molecule has 0 aliphatic heterocycles. The van der Waals surface area contributed by atoms with Crippen LogP contribution in [0, 0.1) is 5.92 Å². The quantitative estimate of drug-likeness (QED) is 0.674. The summed E-state index contributed by atoms with van der Waals surface area (Å²) in [4.78, 5) is 0. The van der Waals surface area contributed by atoms with Gasteiger partial charge in [0.25, 0.3) is 0 Å². The average Bonchev–Trinajstić information content (AvgIpc) is 2.39. The highest BCUT2D eigenvalue weighted by Gasteiger charge is 2.10. The van der Waals surface area contributed by atoms with E-state index in [1.165, 1.54) is 12.0 Å². The molecule has 114 valence electrons. The van der Waals surface area contributed by atoms with Crippen LogP contribution in [0.3, 0.4) is 0 Å². The lowest BCUT2D eigenvalue weighted by Crippen LogP contribution is -2.16. The Bertz CT molecular complexity index is 408. The molecule has 0 heterocycles. The van der Waals surface area contributed by atoms with Crippen molar-refractivity contribution in [2.24, 2.45) is 5.92 Å². The Kier molecular flexibility index (Phi) is 8.00. The van der Waals surface area contributed by atoms with Crippen molar-refractivity contribution in [1.82, 2.24) is 5.32 Å². The van der Waals surface area contributed by atoms with E-state index in [0.29, 0.717) is 13.2 Å². The summed E-state index contributed by atoms with van der Waals surface area (Å²) in [6, 6.07) is 4.05. The number of benzene rings is 1. The van der Waals surface area contributed by atoms with Gasteiger partial charge in [0.2, 0.25) is 0 Å². The molecule has 0 saturated heterocycles. The zero-order valence-electron chi connectivity index (χ0n) is 13.0. The van der Waals surface area contributed by atoms with E-state index >= 15 is 0 Å². The molecule has 0 fully saturated rings. The zero-order chi connectivity index (χ0) is 15.0. The SMILES string of the molecule is CCOc1cc(Br)c(CNCCC(C)C)cc1OCC. The van der Waals surface area contributed by atoms with Crippen LogP contribution in [0.2, 0.25) is 0 Å². The molecule has 0 amide bonds. The molecule has 1 aromatic carbocycles. The Labute approximate surface area is 131 Å². The summed E-state index contributed by atoms with van der Waals surface area (Å²) in [5, 5.41) is 3.47. The first-order valence-corrected chi connectivity index (χ1v) is 8.16. The normalized spacial score (nSPS) is 10.9. The molecule has 0 aromatic heterocycles. The number of halogens is 1. The highest BCUT2D eigenvalue weighted by molar-refractivity contribution is 9.10. The van der Waals surface area contributed by atoms with Crippen LogP contribution >= 0.6 is 15.9 Å². The van der Waals surface area contributed by atoms with Crippen LogP contribution in [-0.2, 0) is 6.54 Å². The van der Waals surface area contributed by atoms with Gasteiger partial charge in [-0.3, -0.25) is 0 Å². The van der Waals surface area contributed by atoms with Gasteiger partial charge in [0.15, 0.2) is 11.5 Å². The van der Waals surface area contributed by atoms with Gasteiger partial charge < -0.3 is 14.8 Å². The summed E-state index contributed by atoms with van der Waals surface area (Å²) < 4.78 is 12.3. The summed E-state index contributed by atoms with van der Waals surface area (Å²) in [6.45, 7) is 11.6. The Morgan fingerprint density at radius 3 is 2.25 bits per heavy atom. The van der Waals surface area contributed by atoms with Gasteiger partial charge in [-0.05, 0) is 50.4 Å². The predicted molar refractivity (Wildman–Crippen MR) is 87.6 cm³/mol. The van der Waals surface area contributed by atoms with Gasteiger partial charge >= 0.3 is 0 Å². The summed E-state index contributed by atoms with van der Waals surface area (Å²) in [5.41, 5.74) is 1.20. The van der Waals surface area contributed by atoms with Gasteiger partial charge in [0.05, 0.1) is 13.2 Å². The van der Waals surface area contributed by atoms with Crippen molar-refractivity contribution < 1.29 is 9.47 Å². The van der Waals surface area contributed by atoms with Crippen molar-refractivity contribution >= 4 is 15.9 Å². The van der Waals surface area contributed by atoms with E-state index in [9.17, 15) is 0 Å². The Balaban J connectivity index is 2.72. The number of ether oxygens (including phenoxy) is 2. The summed E-state index contributed by atoms with van der Waals surface area (Å²) in [6.07, 6.45) is 1.19. The highest BCUT2D eigenvalue weighted by atomic mass is 79.9. The van der Waals surface area contributed by atoms with E-state index in [1.54, 1.807) is 0 Å². The Morgan fingerprint density at radius 1 is 1.10 bits per heavy atom. The summed E-state index contributed by atoms with van der Waals surface area (Å²) in [5.74, 6) is 2.34. The third kappa shape index (κ3) is 5.71. The maximum atomic E-state index is 5.66. The van der Waals surface area contributed by atoms with Crippen LogP contribution in [0.4, 0.5) is 0 Å². The molecule has 4 heteroatoms. The third-order valence-corrected chi connectivity index (χ3v) is 3.66. The second-order valence-electron chi connectivity index (χ2n) is 5.12. The van der Waals surface area contributed by atoms with E-state index in [1.807, 2.05) is 19.9 Å². The Morgan fingerprint density at radius 2 is 1.70 bits per heavy atom. The summed E-state index contributed by atoms with van der Waals surface area (Å²) >= 11 is 3.61. The molecule has 0 spiro atoms. The van der Waals surface area contributed by atoms with Crippen LogP contribution in [-0.4, -0.2) is 19.8 Å². The van der Waals surface area contributed by atoms with Crippen molar-refractivity contribution in [3.63, 3.8) is 0 Å². The van der Waals surface area contributed by atoms with Crippen LogP contribution in [0.15, 0.2) is 16.6 Å². The largest absolute Gasteiger partial charge is 0.490 e. The minimum Gasteiger partial charge on any atom is -0.490 e. The van der Waals surface area contributed by atoms with Crippen LogP contribution in [0.5, 0.6) is 11.5 Å². The van der Waals surface area contributed by atoms with Gasteiger partial charge in [-0.1, -0.05) is 29.8 Å². The fraction of sp³-hybridized carbons (Fsp3) is 0.625. The van der Waals surface area contributed by atoms with Gasteiger partial charge in [0.1, 0.15) is 0 Å². The lowest BCUT2D eigenvalue weighted by Gasteiger charge is -2.15. The molecule has 1 N–H and O–H groups in total. The maximum Gasteiger partial charge on any atom is 0.162 e. The minimum absolute atomic E-state index is 0.637. The molecule has 0 aliphatic carbocycles. The molecular formula is C16H26BrNO2. The number of rotatable bonds is 9. The molecule has 0 bridgehead atoms. The third-order valence-electron chi connectivity index (χ3n) is 2.93. The fourth-order valence-electron chi connectivity index (χ4n) is 1.86. The Hall–Kier alpha value is -0.740. The molecule has 0 radical (unpaired) electrons. The first-order valence-electron chi connectivity index (χ1n) is 7.37. The molecule has 0 atom stereocenters. The van der Waals surface area contributed by atoms with Crippen molar-refractivity contribution in [2.45, 2.75) is 40.7 Å². The van der Waals surface area contributed by atoms with E-state index < -0.39 is 0 Å². The van der Waals surface area contributed by atoms with Crippen LogP contribution < -0.4 is 14.8 Å². The lowest BCUT2D eigenvalue weighted by molar-refractivity contribution is 0.287. The first kappa shape index (κ1) is 17.3. The van der Waals surface area contributed by atoms with Crippen molar-refractivity contribution in [3.05, 3.63) is 22.2 Å². The van der Waals surface area contributed by atoms with Crippen molar-refractivity contribution in [1.29, 1.82) is 0 Å². The fourth-order valence-corrected chi connectivity index (χ4v) is 2.33. The minimum atomic E-state index is 0.637. The topological polar surface area (TPSA) is 30.5 Å². The van der Waals surface area contributed by atoms with Crippen LogP contribution in [0.1, 0.15) is 39.7 Å². The predicted octanol–water partition coefficient (Wildman–Crippen LogP) is 4.38. The van der Waals surface area contributed by atoms with E-state index in [2.05, 4.69) is 41.2 Å². The highest BCUT2D eigenvalue weighted by Crippen LogP contribution is 2.33. The number of hydrogen-bond donors (Lipinski definition) is 1. The number of nitrogens with one attached hydrogen (secondary N) is 1. The molecule has 3 nitrogen and oxygen atoms in total. The molecule has 1 aromatic rings. The van der Waals surface area contributed by atoms with E-state index in [0.717, 1.165) is 35.0 Å². The molecule has 1 rings (SSSR count). The maximum absolute atomic E-state index is 5.66. The zero-order valence-corrected chi connectivity index (χ0v) is 14.5. The molecule has 0 unspecified atom stereocenters.